The Morgan fingerprint density at radius 3 is 1.24 bits per heavy atom. The van der Waals surface area contributed by atoms with Gasteiger partial charge in [-0.1, -0.05) is 6.07 Å². The van der Waals surface area contributed by atoms with Gasteiger partial charge in [0.2, 0.25) is 23.6 Å². The van der Waals surface area contributed by atoms with E-state index in [-0.39, 0.29) is 11.4 Å². The van der Waals surface area contributed by atoms with Gasteiger partial charge in [-0.3, -0.25) is 69.2 Å². The van der Waals surface area contributed by atoms with Crippen molar-refractivity contribution in [2.45, 2.75) is 0 Å². The molecule has 0 heterocycles. The third kappa shape index (κ3) is 13.1. The highest BCUT2D eigenvalue weighted by molar-refractivity contribution is 6.00. The zero-order chi connectivity index (χ0) is 43.2. The Bertz CT molecular complexity index is 2310. The maximum absolute atomic E-state index is 12.4. The van der Waals surface area contributed by atoms with Crippen LogP contribution in [0.1, 0.15) is 20.7 Å². The maximum atomic E-state index is 12.4. The Morgan fingerprint density at radius 1 is 0.441 bits per heavy atom. The second kappa shape index (κ2) is 19.6. The lowest BCUT2D eigenvalue weighted by molar-refractivity contribution is -0.394. The Kier molecular flexibility index (Phi) is 14.2. The number of ether oxygens (including phenoxy) is 1. The molecule has 6 amide bonds. The van der Waals surface area contributed by atoms with Crippen molar-refractivity contribution in [3.8, 4) is 11.5 Å². The molecule has 0 atom stereocenters. The summed E-state index contributed by atoms with van der Waals surface area (Å²) in [7, 11) is 0. The van der Waals surface area contributed by atoms with Crippen molar-refractivity contribution in [3.63, 3.8) is 0 Å². The summed E-state index contributed by atoms with van der Waals surface area (Å²) in [6.07, 6.45) is 0. The first kappa shape index (κ1) is 42.8. The lowest BCUT2D eigenvalue weighted by atomic mass is 10.1. The molecule has 6 N–H and O–H groups in total. The zero-order valence-corrected chi connectivity index (χ0v) is 29.8. The van der Waals surface area contributed by atoms with Gasteiger partial charge in [-0.25, -0.2) is 0 Å². The van der Waals surface area contributed by atoms with E-state index in [0.717, 1.165) is 24.3 Å². The fourth-order valence-corrected chi connectivity index (χ4v) is 4.67. The summed E-state index contributed by atoms with van der Waals surface area (Å²) in [5.41, 5.74) is -3.04. The van der Waals surface area contributed by atoms with Gasteiger partial charge in [-0.05, 0) is 36.4 Å². The van der Waals surface area contributed by atoms with Gasteiger partial charge in [-0.15, -0.1) is 0 Å². The molecule has 25 nitrogen and oxygen atoms in total. The van der Waals surface area contributed by atoms with Crippen LogP contribution < -0.4 is 36.6 Å². The fraction of sp³-hybridized carbons (Fsp3) is 0.118. The molecule has 59 heavy (non-hydrogen) atoms. The van der Waals surface area contributed by atoms with E-state index in [4.69, 9.17) is 4.74 Å². The average Bonchev–Trinajstić information content (AvgIpc) is 3.20. The van der Waals surface area contributed by atoms with Crippen molar-refractivity contribution in [3.05, 3.63) is 137 Å². The number of nitrogens with zero attached hydrogens (tertiary/aromatic N) is 4. The van der Waals surface area contributed by atoms with Crippen molar-refractivity contribution in [2.75, 3.05) is 36.8 Å². The van der Waals surface area contributed by atoms with E-state index in [1.54, 1.807) is 12.1 Å². The van der Waals surface area contributed by atoms with Crippen LogP contribution in [0.25, 0.3) is 0 Å². The summed E-state index contributed by atoms with van der Waals surface area (Å²) in [4.78, 5) is 114. The Morgan fingerprint density at radius 2 is 0.831 bits per heavy atom. The van der Waals surface area contributed by atoms with Crippen molar-refractivity contribution in [1.29, 1.82) is 0 Å². The van der Waals surface area contributed by atoms with Crippen LogP contribution in [-0.2, 0) is 19.2 Å². The molecule has 0 saturated heterocycles. The van der Waals surface area contributed by atoms with E-state index in [1.807, 2.05) is 0 Å². The third-order valence-electron chi connectivity index (χ3n) is 7.38. The fourth-order valence-electron chi connectivity index (χ4n) is 4.67. The molecule has 0 fully saturated rings. The third-order valence-corrected chi connectivity index (χ3v) is 7.38. The second-order valence-electron chi connectivity index (χ2n) is 11.7. The van der Waals surface area contributed by atoms with Crippen LogP contribution in [0.5, 0.6) is 11.5 Å². The number of hydrogen-bond acceptors (Lipinski definition) is 15. The minimum absolute atomic E-state index is 0.279. The number of amides is 6. The number of carbonyl (C=O) groups is 6. The van der Waals surface area contributed by atoms with Gasteiger partial charge < -0.3 is 36.6 Å². The van der Waals surface area contributed by atoms with E-state index in [9.17, 15) is 69.2 Å². The lowest BCUT2D eigenvalue weighted by Gasteiger charge is -2.11. The monoisotopic (exact) mass is 816 g/mol. The van der Waals surface area contributed by atoms with E-state index in [1.165, 1.54) is 36.4 Å². The molecule has 0 bridgehead atoms. The summed E-state index contributed by atoms with van der Waals surface area (Å²) in [6.45, 7) is -2.33. The second-order valence-corrected chi connectivity index (χ2v) is 11.7. The molecule has 0 radical (unpaired) electrons. The molecule has 0 spiro atoms. The molecular formula is C34H28N10O15. The first-order valence-corrected chi connectivity index (χ1v) is 16.4. The van der Waals surface area contributed by atoms with Crippen LogP contribution in [-0.4, -0.2) is 81.3 Å². The Hall–Kier alpha value is -8.90. The smallest absolute Gasteiger partial charge is 0.277 e. The van der Waals surface area contributed by atoms with Crippen molar-refractivity contribution in [2.24, 2.45) is 0 Å². The standard InChI is InChI=1S/C34H28N10O15/c45-29(15-37-33(49)19-8-23(41(51)52)13-24(9-19)42(53)54)35-17-31(47)39-21-4-6-27(7-5-21)59-28-3-1-2-22(12-28)40-32(48)18-36-30(46)16-38-34(50)20-10-25(43(55)56)14-26(11-20)44(57)58/h1-14H,15-18H2,(H,35,45)(H,36,46)(H,37,49)(H,38,50)(H,39,47)(H,40,48). The SMILES string of the molecule is O=C(CNC(=O)c1cc([N+](=O)[O-])cc([N+](=O)[O-])c1)NCC(=O)Nc1ccc(Oc2cccc(NC(=O)CNC(=O)CNC(=O)c3cc([N+](=O)[O-])cc([N+](=O)[O-])c3)c2)cc1. The summed E-state index contributed by atoms with van der Waals surface area (Å²) in [5, 5.41) is 58.1. The van der Waals surface area contributed by atoms with Gasteiger partial charge in [0.15, 0.2) is 0 Å². The van der Waals surface area contributed by atoms with E-state index in [0.29, 0.717) is 23.6 Å². The first-order valence-electron chi connectivity index (χ1n) is 16.4. The number of nitro benzene ring substituents is 4. The van der Waals surface area contributed by atoms with Gasteiger partial charge >= 0.3 is 0 Å². The molecule has 0 aliphatic heterocycles. The molecule has 0 aromatic heterocycles. The summed E-state index contributed by atoms with van der Waals surface area (Å²) >= 11 is 0. The Balaban J connectivity index is 1.18. The number of anilines is 2. The number of nitro groups is 4. The van der Waals surface area contributed by atoms with Gasteiger partial charge in [0.1, 0.15) is 11.5 Å². The average molecular weight is 817 g/mol. The number of nitrogens with one attached hydrogen (secondary N) is 6. The number of non-ortho nitro benzene ring substituents is 4. The maximum Gasteiger partial charge on any atom is 0.277 e. The number of rotatable bonds is 18. The van der Waals surface area contributed by atoms with Gasteiger partial charge in [-0.2, -0.15) is 0 Å². The molecule has 0 aliphatic rings. The molecular weight excluding hydrogens is 788 g/mol. The van der Waals surface area contributed by atoms with Crippen LogP contribution in [0.15, 0.2) is 84.9 Å². The Labute approximate surface area is 328 Å². The first-order chi connectivity index (χ1) is 28.0. The highest BCUT2D eigenvalue weighted by atomic mass is 16.6. The molecule has 4 aromatic rings. The highest BCUT2D eigenvalue weighted by Gasteiger charge is 2.22. The number of hydrogen-bond donors (Lipinski definition) is 6. The summed E-state index contributed by atoms with van der Waals surface area (Å²) in [6, 6.07) is 16.7. The topological polar surface area (TPSA) is 356 Å². The number of carbonyl (C=O) groups excluding carboxylic acids is 6. The molecule has 25 heteroatoms. The van der Waals surface area contributed by atoms with Crippen molar-refractivity contribution in [1.82, 2.24) is 21.3 Å². The largest absolute Gasteiger partial charge is 0.457 e. The van der Waals surface area contributed by atoms with Crippen molar-refractivity contribution >= 4 is 69.6 Å². The molecule has 304 valence electrons. The summed E-state index contributed by atoms with van der Waals surface area (Å²) in [5.74, 6) is -4.32. The minimum Gasteiger partial charge on any atom is -0.457 e. The van der Waals surface area contributed by atoms with Crippen LogP contribution >= 0.6 is 0 Å². The van der Waals surface area contributed by atoms with E-state index in [2.05, 4.69) is 31.9 Å². The molecule has 4 aromatic carbocycles. The van der Waals surface area contributed by atoms with Crippen LogP contribution in [0, 0.1) is 40.5 Å². The van der Waals surface area contributed by atoms with Crippen LogP contribution in [0.3, 0.4) is 0 Å². The lowest BCUT2D eigenvalue weighted by Crippen LogP contribution is -2.40. The molecule has 4 rings (SSSR count). The normalized spacial score (nSPS) is 10.2. The zero-order valence-electron chi connectivity index (χ0n) is 29.8. The highest BCUT2D eigenvalue weighted by Crippen LogP contribution is 2.26. The van der Waals surface area contributed by atoms with E-state index < -0.39 is 115 Å². The van der Waals surface area contributed by atoms with E-state index >= 15 is 0 Å². The molecule has 0 unspecified atom stereocenters. The van der Waals surface area contributed by atoms with Crippen molar-refractivity contribution < 1.29 is 53.2 Å². The number of benzene rings is 4. The van der Waals surface area contributed by atoms with Gasteiger partial charge in [0.05, 0.1) is 69.1 Å². The van der Waals surface area contributed by atoms with Gasteiger partial charge in [0.25, 0.3) is 34.6 Å². The predicted octanol–water partition coefficient (Wildman–Crippen LogP) is 2.08. The molecule has 0 saturated carbocycles. The van der Waals surface area contributed by atoms with Crippen LogP contribution in [0.4, 0.5) is 34.1 Å². The molecule has 0 aliphatic carbocycles. The summed E-state index contributed by atoms with van der Waals surface area (Å²) < 4.78 is 5.78. The predicted molar refractivity (Wildman–Crippen MR) is 200 cm³/mol. The quantitative estimate of drug-likeness (QED) is 0.0618. The van der Waals surface area contributed by atoms with Crippen LogP contribution in [0.2, 0.25) is 0 Å². The van der Waals surface area contributed by atoms with Gasteiger partial charge in [0, 0.05) is 41.7 Å². The minimum atomic E-state index is -1.00.